The van der Waals surface area contributed by atoms with E-state index in [-0.39, 0.29) is 17.9 Å². The number of likely N-dealkylation sites (tertiary alicyclic amines) is 1. The van der Waals surface area contributed by atoms with Crippen LogP contribution >= 0.6 is 0 Å². The minimum absolute atomic E-state index is 0.0363. The van der Waals surface area contributed by atoms with Gasteiger partial charge in [-0.25, -0.2) is 0 Å². The third kappa shape index (κ3) is 4.34. The maximum atomic E-state index is 11.9. The molecule has 0 aliphatic carbocycles. The Morgan fingerprint density at radius 2 is 2.12 bits per heavy atom. The minimum atomic E-state index is -0.849. The molecule has 5 heteroatoms. The van der Waals surface area contributed by atoms with Gasteiger partial charge in [-0.1, -0.05) is 0 Å². The van der Waals surface area contributed by atoms with Gasteiger partial charge < -0.3 is 14.7 Å². The van der Waals surface area contributed by atoms with Crippen LogP contribution in [0, 0.1) is 0 Å². The monoisotopic (exact) mass is 243 g/mol. The lowest BCUT2D eigenvalue weighted by Crippen LogP contribution is -2.49. The molecule has 1 unspecified atom stereocenters. The molecule has 1 aliphatic rings. The Labute approximate surface area is 102 Å². The molecular weight excluding hydrogens is 222 g/mol. The van der Waals surface area contributed by atoms with Crippen LogP contribution in [0.2, 0.25) is 0 Å². The van der Waals surface area contributed by atoms with E-state index in [1.54, 1.807) is 12.0 Å². The van der Waals surface area contributed by atoms with Crippen LogP contribution in [0.25, 0.3) is 0 Å². The van der Waals surface area contributed by atoms with Gasteiger partial charge in [-0.15, -0.1) is 0 Å². The molecule has 1 heterocycles. The quantitative estimate of drug-likeness (QED) is 0.789. The molecule has 1 atom stereocenters. The largest absolute Gasteiger partial charge is 0.481 e. The number of carboxylic acid groups (broad SMARTS) is 1. The highest BCUT2D eigenvalue weighted by molar-refractivity contribution is 5.77. The first-order chi connectivity index (χ1) is 7.97. The van der Waals surface area contributed by atoms with E-state index in [1.165, 1.54) is 0 Å². The van der Waals surface area contributed by atoms with Crippen molar-refractivity contribution >= 4 is 11.9 Å². The van der Waals surface area contributed by atoms with E-state index in [9.17, 15) is 9.59 Å². The lowest BCUT2D eigenvalue weighted by atomic mass is 9.94. The number of methoxy groups -OCH3 is 1. The summed E-state index contributed by atoms with van der Waals surface area (Å²) in [6.07, 6.45) is 2.68. The molecule has 0 aromatic heterocycles. The Morgan fingerprint density at radius 1 is 1.41 bits per heavy atom. The van der Waals surface area contributed by atoms with Crippen LogP contribution < -0.4 is 0 Å². The molecule has 0 saturated carbocycles. The summed E-state index contributed by atoms with van der Waals surface area (Å²) < 4.78 is 5.41. The first-order valence-electron chi connectivity index (χ1n) is 6.01. The van der Waals surface area contributed by atoms with Gasteiger partial charge in [0.15, 0.2) is 0 Å². The topological polar surface area (TPSA) is 66.8 Å². The summed E-state index contributed by atoms with van der Waals surface area (Å²) in [4.78, 5) is 24.0. The zero-order valence-electron chi connectivity index (χ0n) is 10.6. The molecule has 1 aliphatic heterocycles. The van der Waals surface area contributed by atoms with Gasteiger partial charge in [0.25, 0.3) is 0 Å². The zero-order valence-corrected chi connectivity index (χ0v) is 10.6. The van der Waals surface area contributed by atoms with Crippen molar-refractivity contribution in [1.29, 1.82) is 0 Å². The van der Waals surface area contributed by atoms with Crippen LogP contribution in [-0.2, 0) is 14.3 Å². The van der Waals surface area contributed by atoms with Gasteiger partial charge in [0.2, 0.25) is 5.91 Å². The maximum Gasteiger partial charge on any atom is 0.303 e. The van der Waals surface area contributed by atoms with Crippen molar-refractivity contribution in [1.82, 2.24) is 4.90 Å². The smallest absolute Gasteiger partial charge is 0.303 e. The Balaban J connectivity index is 2.38. The summed E-state index contributed by atoms with van der Waals surface area (Å²) in [5.74, 6) is -0.813. The fraction of sp³-hybridized carbons (Fsp3) is 0.833. The summed E-state index contributed by atoms with van der Waals surface area (Å²) in [6, 6.07) is 0. The number of ether oxygens (including phenoxy) is 1. The SMILES string of the molecule is COC1(C)CCCN(C(=O)CCCC(=O)O)C1. The van der Waals surface area contributed by atoms with E-state index in [1.807, 2.05) is 6.92 Å². The van der Waals surface area contributed by atoms with Crippen LogP contribution in [0.15, 0.2) is 0 Å². The Bertz CT molecular complexity index is 292. The van der Waals surface area contributed by atoms with E-state index >= 15 is 0 Å². The molecule has 0 aromatic rings. The number of carboxylic acids is 1. The minimum Gasteiger partial charge on any atom is -0.481 e. The van der Waals surface area contributed by atoms with Crippen LogP contribution in [0.4, 0.5) is 0 Å². The number of piperidine rings is 1. The maximum absolute atomic E-state index is 11.9. The molecule has 0 bridgehead atoms. The second kappa shape index (κ2) is 6.00. The van der Waals surface area contributed by atoms with Gasteiger partial charge in [-0.05, 0) is 26.2 Å². The van der Waals surface area contributed by atoms with Crippen molar-refractivity contribution in [3.8, 4) is 0 Å². The molecule has 1 amide bonds. The van der Waals surface area contributed by atoms with Crippen LogP contribution in [0.1, 0.15) is 39.0 Å². The number of nitrogens with zero attached hydrogens (tertiary/aromatic N) is 1. The molecule has 17 heavy (non-hydrogen) atoms. The van der Waals surface area contributed by atoms with E-state index in [0.717, 1.165) is 19.4 Å². The fourth-order valence-corrected chi connectivity index (χ4v) is 2.13. The molecule has 0 spiro atoms. The number of hydrogen-bond donors (Lipinski definition) is 1. The van der Waals surface area contributed by atoms with Gasteiger partial charge in [0.1, 0.15) is 0 Å². The van der Waals surface area contributed by atoms with Gasteiger partial charge in [-0.2, -0.15) is 0 Å². The highest BCUT2D eigenvalue weighted by Gasteiger charge is 2.32. The van der Waals surface area contributed by atoms with Crippen molar-refractivity contribution in [2.24, 2.45) is 0 Å². The first-order valence-corrected chi connectivity index (χ1v) is 6.01. The Morgan fingerprint density at radius 3 is 2.71 bits per heavy atom. The van der Waals surface area contributed by atoms with Crippen LogP contribution in [-0.4, -0.2) is 47.7 Å². The molecule has 1 N–H and O–H groups in total. The number of rotatable bonds is 5. The van der Waals surface area contributed by atoms with Gasteiger partial charge in [-0.3, -0.25) is 9.59 Å². The fourth-order valence-electron chi connectivity index (χ4n) is 2.13. The first kappa shape index (κ1) is 14.0. The van der Waals surface area contributed by atoms with Crippen molar-refractivity contribution in [2.75, 3.05) is 20.2 Å². The lowest BCUT2D eigenvalue weighted by Gasteiger charge is -2.39. The molecule has 1 fully saturated rings. The van der Waals surface area contributed by atoms with Gasteiger partial charge in [0, 0.05) is 33.0 Å². The van der Waals surface area contributed by atoms with Gasteiger partial charge >= 0.3 is 5.97 Å². The second-order valence-electron chi connectivity index (χ2n) is 4.82. The predicted molar refractivity (Wildman–Crippen MR) is 62.7 cm³/mol. The third-order valence-corrected chi connectivity index (χ3v) is 3.29. The second-order valence-corrected chi connectivity index (χ2v) is 4.82. The number of aliphatic carboxylic acids is 1. The van der Waals surface area contributed by atoms with E-state index in [2.05, 4.69) is 0 Å². The number of carbonyl (C=O) groups is 2. The average Bonchev–Trinajstić information content (AvgIpc) is 2.28. The molecule has 98 valence electrons. The Kier molecular flexibility index (Phi) is 4.93. The van der Waals surface area contributed by atoms with Crippen molar-refractivity contribution in [2.45, 2.75) is 44.6 Å². The number of carbonyl (C=O) groups excluding carboxylic acids is 1. The Hall–Kier alpha value is -1.10. The summed E-state index contributed by atoms with van der Waals surface area (Å²) in [6.45, 7) is 3.37. The van der Waals surface area contributed by atoms with Crippen LogP contribution in [0.5, 0.6) is 0 Å². The predicted octanol–water partition coefficient (Wildman–Crippen LogP) is 1.27. The van der Waals surface area contributed by atoms with E-state index in [4.69, 9.17) is 9.84 Å². The highest BCUT2D eigenvalue weighted by Crippen LogP contribution is 2.24. The van der Waals surface area contributed by atoms with Crippen molar-refractivity contribution < 1.29 is 19.4 Å². The summed E-state index contributed by atoms with van der Waals surface area (Å²) in [5.41, 5.74) is -0.249. The lowest BCUT2D eigenvalue weighted by molar-refractivity contribution is -0.140. The molecule has 5 nitrogen and oxygen atoms in total. The molecular formula is C12H21NO4. The normalized spacial score (nSPS) is 24.7. The number of amides is 1. The van der Waals surface area contributed by atoms with Crippen molar-refractivity contribution in [3.63, 3.8) is 0 Å². The van der Waals surface area contributed by atoms with E-state index < -0.39 is 5.97 Å². The standard InChI is InChI=1S/C12H21NO4/c1-12(17-2)7-4-8-13(9-12)10(14)5-3-6-11(15)16/h3-9H2,1-2H3,(H,15,16). The summed E-state index contributed by atoms with van der Waals surface area (Å²) in [5, 5.41) is 8.51. The highest BCUT2D eigenvalue weighted by atomic mass is 16.5. The molecule has 0 aromatic carbocycles. The average molecular weight is 243 g/mol. The third-order valence-electron chi connectivity index (χ3n) is 3.29. The number of hydrogen-bond acceptors (Lipinski definition) is 3. The van der Waals surface area contributed by atoms with Crippen molar-refractivity contribution in [3.05, 3.63) is 0 Å². The zero-order chi connectivity index (χ0) is 12.9. The molecule has 0 radical (unpaired) electrons. The van der Waals surface area contributed by atoms with E-state index in [0.29, 0.717) is 19.4 Å². The molecule has 1 saturated heterocycles. The van der Waals surface area contributed by atoms with Gasteiger partial charge in [0.05, 0.1) is 5.60 Å². The van der Waals surface area contributed by atoms with Crippen LogP contribution in [0.3, 0.4) is 0 Å². The summed E-state index contributed by atoms with van der Waals surface area (Å²) >= 11 is 0. The summed E-state index contributed by atoms with van der Waals surface area (Å²) in [7, 11) is 1.67. The molecule has 1 rings (SSSR count).